The largest absolute Gasteiger partial charge is 0.379 e. The van der Waals surface area contributed by atoms with E-state index in [-0.39, 0.29) is 21.5 Å². The Hall–Kier alpha value is -1.57. The molecule has 0 unspecified atom stereocenters. The van der Waals surface area contributed by atoms with Crippen molar-refractivity contribution in [2.24, 2.45) is 0 Å². The zero-order chi connectivity index (χ0) is 19.7. The summed E-state index contributed by atoms with van der Waals surface area (Å²) in [4.78, 5) is -0.272. The van der Waals surface area contributed by atoms with Crippen molar-refractivity contribution in [3.05, 3.63) is 53.1 Å². The molecule has 0 saturated heterocycles. The second-order valence-electron chi connectivity index (χ2n) is 6.80. The molecule has 0 spiro atoms. The second kappa shape index (κ2) is 7.81. The molecular weight excluding hydrogens is 408 g/mol. The Labute approximate surface area is 165 Å². The van der Waals surface area contributed by atoms with Gasteiger partial charge in [0.25, 0.3) is 0 Å². The van der Waals surface area contributed by atoms with Gasteiger partial charge < -0.3 is 4.18 Å². The quantitative estimate of drug-likeness (QED) is 0.652. The van der Waals surface area contributed by atoms with Crippen LogP contribution in [0.4, 0.5) is 0 Å². The van der Waals surface area contributed by atoms with Gasteiger partial charge in [-0.05, 0) is 55.2 Å². The van der Waals surface area contributed by atoms with E-state index < -0.39 is 20.0 Å². The standard InChI is InChI=1S/C19H21ClO5S2/c1-26(21,22)16-8-5-9-17(13-16)27(23,24)25-19-11-10-15(20)12-18(19)14-6-3-2-4-7-14/h5,8-14H,2-4,6-7H2,1H3. The minimum absolute atomic E-state index is 0.0733. The van der Waals surface area contributed by atoms with E-state index in [1.807, 2.05) is 0 Å². The number of hydrogen-bond acceptors (Lipinski definition) is 5. The number of hydrogen-bond donors (Lipinski definition) is 0. The fourth-order valence-corrected chi connectivity index (χ4v) is 5.28. The molecule has 2 aromatic carbocycles. The van der Waals surface area contributed by atoms with Crippen LogP contribution in [0.1, 0.15) is 43.6 Å². The van der Waals surface area contributed by atoms with Crippen LogP contribution in [0.15, 0.2) is 52.3 Å². The summed E-state index contributed by atoms with van der Waals surface area (Å²) < 4.78 is 54.4. The molecule has 8 heteroatoms. The molecule has 0 bridgehead atoms. The first-order valence-electron chi connectivity index (χ1n) is 8.71. The van der Waals surface area contributed by atoms with Gasteiger partial charge in [-0.2, -0.15) is 8.42 Å². The molecule has 1 aliphatic rings. The summed E-state index contributed by atoms with van der Waals surface area (Å²) in [6, 6.07) is 10.1. The summed E-state index contributed by atoms with van der Waals surface area (Å²) in [5.74, 6) is 0.445. The minimum atomic E-state index is -4.18. The predicted octanol–water partition coefficient (Wildman–Crippen LogP) is 4.56. The Kier molecular flexibility index (Phi) is 5.84. The van der Waals surface area contributed by atoms with Crippen molar-refractivity contribution < 1.29 is 21.0 Å². The molecule has 3 rings (SSSR count). The second-order valence-corrected chi connectivity index (χ2v) is 10.8. The maximum atomic E-state index is 12.8. The Bertz CT molecular complexity index is 1040. The van der Waals surface area contributed by atoms with Crippen molar-refractivity contribution in [2.75, 3.05) is 6.26 Å². The molecule has 27 heavy (non-hydrogen) atoms. The fraction of sp³-hybridized carbons (Fsp3) is 0.368. The Morgan fingerprint density at radius 1 is 0.926 bits per heavy atom. The van der Waals surface area contributed by atoms with Crippen LogP contribution in [-0.2, 0) is 20.0 Å². The van der Waals surface area contributed by atoms with Crippen LogP contribution in [0.3, 0.4) is 0 Å². The number of sulfone groups is 1. The van der Waals surface area contributed by atoms with Crippen molar-refractivity contribution >= 4 is 31.6 Å². The average molecular weight is 429 g/mol. The monoisotopic (exact) mass is 428 g/mol. The van der Waals surface area contributed by atoms with E-state index in [9.17, 15) is 16.8 Å². The van der Waals surface area contributed by atoms with Crippen LogP contribution in [0.5, 0.6) is 5.75 Å². The Morgan fingerprint density at radius 3 is 2.26 bits per heavy atom. The summed E-state index contributed by atoms with van der Waals surface area (Å²) in [6.45, 7) is 0. The SMILES string of the molecule is CS(=O)(=O)c1cccc(S(=O)(=O)Oc2ccc(Cl)cc2C2CCCCC2)c1. The summed E-state index contributed by atoms with van der Waals surface area (Å²) in [7, 11) is -7.70. The van der Waals surface area contributed by atoms with Gasteiger partial charge >= 0.3 is 10.1 Å². The Balaban J connectivity index is 1.97. The normalized spacial score (nSPS) is 16.2. The smallest absolute Gasteiger partial charge is 0.339 e. The molecule has 0 aromatic heterocycles. The first-order valence-corrected chi connectivity index (χ1v) is 12.4. The fourth-order valence-electron chi connectivity index (χ4n) is 3.35. The molecule has 146 valence electrons. The van der Waals surface area contributed by atoms with E-state index in [1.165, 1.54) is 24.6 Å². The van der Waals surface area contributed by atoms with Gasteiger partial charge in [-0.3, -0.25) is 0 Å². The van der Waals surface area contributed by atoms with Gasteiger partial charge in [-0.25, -0.2) is 8.42 Å². The number of halogens is 1. The van der Waals surface area contributed by atoms with Gasteiger partial charge in [-0.1, -0.05) is 36.9 Å². The molecule has 0 atom stereocenters. The molecular formula is C19H21ClO5S2. The molecule has 0 aliphatic heterocycles. The third kappa shape index (κ3) is 4.83. The number of benzene rings is 2. The molecule has 1 aliphatic carbocycles. The summed E-state index contributed by atoms with van der Waals surface area (Å²) >= 11 is 6.12. The van der Waals surface area contributed by atoms with E-state index in [4.69, 9.17) is 15.8 Å². The third-order valence-corrected chi connectivity index (χ3v) is 7.31. The molecule has 2 aromatic rings. The lowest BCUT2D eigenvalue weighted by Gasteiger charge is -2.24. The zero-order valence-corrected chi connectivity index (χ0v) is 17.3. The molecule has 5 nitrogen and oxygen atoms in total. The highest BCUT2D eigenvalue weighted by Gasteiger charge is 2.24. The van der Waals surface area contributed by atoms with E-state index in [1.54, 1.807) is 18.2 Å². The first-order chi connectivity index (χ1) is 12.7. The topological polar surface area (TPSA) is 77.5 Å². The molecule has 1 fully saturated rings. The van der Waals surface area contributed by atoms with Gasteiger partial charge in [0.2, 0.25) is 0 Å². The van der Waals surface area contributed by atoms with Crippen molar-refractivity contribution in [2.45, 2.75) is 47.8 Å². The van der Waals surface area contributed by atoms with Crippen molar-refractivity contribution in [1.82, 2.24) is 0 Å². The maximum Gasteiger partial charge on any atom is 0.339 e. The van der Waals surface area contributed by atoms with Crippen LogP contribution in [-0.4, -0.2) is 23.1 Å². The average Bonchev–Trinajstić information content (AvgIpc) is 2.63. The Morgan fingerprint density at radius 2 is 1.59 bits per heavy atom. The molecule has 0 amide bonds. The zero-order valence-electron chi connectivity index (χ0n) is 14.9. The summed E-state index contributed by atoms with van der Waals surface area (Å²) in [5, 5.41) is 0.527. The van der Waals surface area contributed by atoms with Crippen LogP contribution in [0.25, 0.3) is 0 Å². The van der Waals surface area contributed by atoms with Crippen LogP contribution in [0, 0.1) is 0 Å². The molecule has 1 saturated carbocycles. The van der Waals surface area contributed by atoms with Gasteiger partial charge in [0.05, 0.1) is 4.90 Å². The number of rotatable bonds is 5. The van der Waals surface area contributed by atoms with Gasteiger partial charge in [0, 0.05) is 16.8 Å². The summed E-state index contributed by atoms with van der Waals surface area (Å²) in [6.07, 6.45) is 6.28. The van der Waals surface area contributed by atoms with Crippen molar-refractivity contribution in [1.29, 1.82) is 0 Å². The van der Waals surface area contributed by atoms with Crippen molar-refractivity contribution in [3.8, 4) is 5.75 Å². The van der Waals surface area contributed by atoms with Crippen LogP contribution in [0.2, 0.25) is 5.02 Å². The lowest BCUT2D eigenvalue weighted by atomic mass is 9.84. The van der Waals surface area contributed by atoms with Crippen molar-refractivity contribution in [3.63, 3.8) is 0 Å². The highest BCUT2D eigenvalue weighted by Crippen LogP contribution is 2.39. The predicted molar refractivity (Wildman–Crippen MR) is 105 cm³/mol. The van der Waals surface area contributed by atoms with Gasteiger partial charge in [-0.15, -0.1) is 0 Å². The first kappa shape index (κ1) is 20.2. The van der Waals surface area contributed by atoms with Crippen LogP contribution >= 0.6 is 11.6 Å². The van der Waals surface area contributed by atoms with Crippen LogP contribution < -0.4 is 4.18 Å². The van der Waals surface area contributed by atoms with Gasteiger partial charge in [0.1, 0.15) is 10.6 Å². The highest BCUT2D eigenvalue weighted by atomic mass is 35.5. The van der Waals surface area contributed by atoms with Gasteiger partial charge in [0.15, 0.2) is 9.84 Å². The third-order valence-electron chi connectivity index (χ3n) is 4.74. The maximum absolute atomic E-state index is 12.8. The van der Waals surface area contributed by atoms with E-state index in [0.29, 0.717) is 5.02 Å². The minimum Gasteiger partial charge on any atom is -0.379 e. The lowest BCUT2D eigenvalue weighted by molar-refractivity contribution is 0.428. The summed E-state index contributed by atoms with van der Waals surface area (Å²) in [5.41, 5.74) is 0.782. The van der Waals surface area contributed by atoms with E-state index >= 15 is 0 Å². The highest BCUT2D eigenvalue weighted by molar-refractivity contribution is 7.90. The van der Waals surface area contributed by atoms with E-state index in [0.717, 1.165) is 43.6 Å². The van der Waals surface area contributed by atoms with E-state index in [2.05, 4.69) is 0 Å². The molecule has 0 radical (unpaired) electrons. The molecule has 0 N–H and O–H groups in total. The lowest BCUT2D eigenvalue weighted by Crippen LogP contribution is -2.14. The molecule has 0 heterocycles.